The van der Waals surface area contributed by atoms with Crippen LogP contribution in [-0.4, -0.2) is 25.9 Å². The minimum Gasteiger partial charge on any atom is -0.479 e. The second-order valence-corrected chi connectivity index (χ2v) is 4.46. The maximum absolute atomic E-state index is 12.0. The third kappa shape index (κ3) is 2.19. The first-order valence-electron chi connectivity index (χ1n) is 5.91. The number of anilines is 1. The molecular formula is C13H18N2O3. The van der Waals surface area contributed by atoms with E-state index in [-0.39, 0.29) is 18.7 Å². The van der Waals surface area contributed by atoms with Crippen molar-refractivity contribution in [1.29, 1.82) is 0 Å². The lowest BCUT2D eigenvalue weighted by molar-refractivity contribution is -0.126. The standard InChI is InChI=1S/C13H18N2O3/c1-8(14)10-4-5-12-11(6-10)15(7-17-3)13(16)9(2)18-12/h4-6,8-9H,7,14H2,1-3H3. The molecule has 0 saturated heterocycles. The number of carbonyl (C=O) groups is 1. The summed E-state index contributed by atoms with van der Waals surface area (Å²) in [5.41, 5.74) is 7.53. The van der Waals surface area contributed by atoms with E-state index in [2.05, 4.69) is 0 Å². The Labute approximate surface area is 106 Å². The molecule has 1 heterocycles. The predicted octanol–water partition coefficient (Wildman–Crippen LogP) is 1.42. The van der Waals surface area contributed by atoms with Crippen molar-refractivity contribution >= 4 is 11.6 Å². The number of amides is 1. The van der Waals surface area contributed by atoms with Gasteiger partial charge in [0.05, 0.1) is 5.69 Å². The number of hydrogen-bond donors (Lipinski definition) is 1. The van der Waals surface area contributed by atoms with Crippen LogP contribution in [0.2, 0.25) is 0 Å². The van der Waals surface area contributed by atoms with E-state index in [0.717, 1.165) is 11.3 Å². The fraction of sp³-hybridized carbons (Fsp3) is 0.462. The van der Waals surface area contributed by atoms with Crippen LogP contribution in [0.15, 0.2) is 18.2 Å². The first-order chi connectivity index (χ1) is 8.54. The second-order valence-electron chi connectivity index (χ2n) is 4.46. The summed E-state index contributed by atoms with van der Waals surface area (Å²) < 4.78 is 10.6. The minimum atomic E-state index is -0.492. The summed E-state index contributed by atoms with van der Waals surface area (Å²) in [5.74, 6) is 0.578. The van der Waals surface area contributed by atoms with Crippen molar-refractivity contribution in [2.45, 2.75) is 26.0 Å². The van der Waals surface area contributed by atoms with Gasteiger partial charge in [0.2, 0.25) is 0 Å². The molecule has 1 aliphatic rings. The molecule has 1 aliphatic heterocycles. The second kappa shape index (κ2) is 4.96. The summed E-state index contributed by atoms with van der Waals surface area (Å²) in [6.07, 6.45) is -0.492. The largest absolute Gasteiger partial charge is 0.479 e. The number of methoxy groups -OCH3 is 1. The number of nitrogens with two attached hydrogens (primary N) is 1. The molecule has 0 aliphatic carbocycles. The molecule has 2 atom stereocenters. The zero-order valence-electron chi connectivity index (χ0n) is 10.8. The van der Waals surface area contributed by atoms with Crippen molar-refractivity contribution in [2.75, 3.05) is 18.7 Å². The van der Waals surface area contributed by atoms with Gasteiger partial charge in [-0.2, -0.15) is 0 Å². The maximum Gasteiger partial charge on any atom is 0.269 e. The Hall–Kier alpha value is -1.59. The number of rotatable bonds is 3. The van der Waals surface area contributed by atoms with Crippen LogP contribution in [0.1, 0.15) is 25.5 Å². The van der Waals surface area contributed by atoms with E-state index < -0.39 is 6.10 Å². The van der Waals surface area contributed by atoms with Crippen LogP contribution in [0.25, 0.3) is 0 Å². The average molecular weight is 250 g/mol. The highest BCUT2D eigenvalue weighted by molar-refractivity contribution is 5.99. The van der Waals surface area contributed by atoms with Gasteiger partial charge < -0.3 is 15.2 Å². The fourth-order valence-corrected chi connectivity index (χ4v) is 1.97. The minimum absolute atomic E-state index is 0.0888. The van der Waals surface area contributed by atoms with Gasteiger partial charge in [-0.1, -0.05) is 6.07 Å². The molecule has 2 rings (SSSR count). The quantitative estimate of drug-likeness (QED) is 0.881. The molecular weight excluding hydrogens is 232 g/mol. The van der Waals surface area contributed by atoms with Crippen molar-refractivity contribution in [1.82, 2.24) is 0 Å². The smallest absolute Gasteiger partial charge is 0.269 e. The predicted molar refractivity (Wildman–Crippen MR) is 68.5 cm³/mol. The first kappa shape index (κ1) is 12.9. The van der Waals surface area contributed by atoms with E-state index in [1.807, 2.05) is 25.1 Å². The highest BCUT2D eigenvalue weighted by Crippen LogP contribution is 2.35. The van der Waals surface area contributed by atoms with Gasteiger partial charge in [-0.25, -0.2) is 0 Å². The Morgan fingerprint density at radius 1 is 1.56 bits per heavy atom. The molecule has 5 heteroatoms. The van der Waals surface area contributed by atoms with Gasteiger partial charge in [-0.15, -0.1) is 0 Å². The molecule has 1 aromatic rings. The number of hydrogen-bond acceptors (Lipinski definition) is 4. The van der Waals surface area contributed by atoms with Crippen LogP contribution in [0.3, 0.4) is 0 Å². The van der Waals surface area contributed by atoms with Gasteiger partial charge in [0.25, 0.3) is 5.91 Å². The van der Waals surface area contributed by atoms with Crippen molar-refractivity contribution < 1.29 is 14.3 Å². The molecule has 18 heavy (non-hydrogen) atoms. The van der Waals surface area contributed by atoms with Gasteiger partial charge in [-0.3, -0.25) is 9.69 Å². The van der Waals surface area contributed by atoms with Crippen LogP contribution in [0.4, 0.5) is 5.69 Å². The average Bonchev–Trinajstić information content (AvgIpc) is 2.34. The number of benzene rings is 1. The molecule has 0 fully saturated rings. The van der Waals surface area contributed by atoms with Crippen molar-refractivity contribution in [3.8, 4) is 5.75 Å². The molecule has 0 radical (unpaired) electrons. The van der Waals surface area contributed by atoms with Crippen LogP contribution >= 0.6 is 0 Å². The third-order valence-electron chi connectivity index (χ3n) is 2.98. The van der Waals surface area contributed by atoms with E-state index in [1.54, 1.807) is 18.9 Å². The lowest BCUT2D eigenvalue weighted by Crippen LogP contribution is -2.45. The van der Waals surface area contributed by atoms with Crippen LogP contribution < -0.4 is 15.4 Å². The number of carbonyl (C=O) groups excluding carboxylic acids is 1. The van der Waals surface area contributed by atoms with Gasteiger partial charge in [0.15, 0.2) is 6.10 Å². The summed E-state index contributed by atoms with van der Waals surface area (Å²) in [6.45, 7) is 3.84. The molecule has 2 N–H and O–H groups in total. The Morgan fingerprint density at radius 2 is 2.28 bits per heavy atom. The highest BCUT2D eigenvalue weighted by atomic mass is 16.5. The number of ether oxygens (including phenoxy) is 2. The summed E-state index contributed by atoms with van der Waals surface area (Å²) >= 11 is 0. The van der Waals surface area contributed by atoms with Gasteiger partial charge in [0.1, 0.15) is 12.5 Å². The van der Waals surface area contributed by atoms with Gasteiger partial charge >= 0.3 is 0 Å². The molecule has 0 bridgehead atoms. The van der Waals surface area contributed by atoms with Crippen molar-refractivity contribution in [3.05, 3.63) is 23.8 Å². The van der Waals surface area contributed by atoms with E-state index >= 15 is 0 Å². The number of fused-ring (bicyclic) bond motifs is 1. The van der Waals surface area contributed by atoms with Crippen LogP contribution in [-0.2, 0) is 9.53 Å². The van der Waals surface area contributed by atoms with Crippen LogP contribution in [0, 0.1) is 0 Å². The lowest BCUT2D eigenvalue weighted by Gasteiger charge is -2.32. The summed E-state index contributed by atoms with van der Waals surface area (Å²) in [5, 5.41) is 0. The number of nitrogens with zero attached hydrogens (tertiary/aromatic N) is 1. The zero-order valence-corrected chi connectivity index (χ0v) is 10.8. The van der Waals surface area contributed by atoms with E-state index in [0.29, 0.717) is 5.75 Å². The molecule has 0 aromatic heterocycles. The van der Waals surface area contributed by atoms with Crippen molar-refractivity contribution in [2.24, 2.45) is 5.73 Å². The van der Waals surface area contributed by atoms with E-state index in [1.165, 1.54) is 0 Å². The van der Waals surface area contributed by atoms with E-state index in [4.69, 9.17) is 15.2 Å². The zero-order chi connectivity index (χ0) is 13.3. The Bertz CT molecular complexity index is 460. The highest BCUT2D eigenvalue weighted by Gasteiger charge is 2.31. The molecule has 0 spiro atoms. The maximum atomic E-state index is 12.0. The summed E-state index contributed by atoms with van der Waals surface area (Å²) in [7, 11) is 1.56. The topological polar surface area (TPSA) is 64.8 Å². The molecule has 98 valence electrons. The van der Waals surface area contributed by atoms with Gasteiger partial charge in [-0.05, 0) is 31.5 Å². The summed E-state index contributed by atoms with van der Waals surface area (Å²) in [4.78, 5) is 13.6. The van der Waals surface area contributed by atoms with Crippen LogP contribution in [0.5, 0.6) is 5.75 Å². The Kier molecular flexibility index (Phi) is 3.54. The molecule has 1 amide bonds. The molecule has 1 aromatic carbocycles. The Balaban J connectivity index is 2.45. The summed E-state index contributed by atoms with van der Waals surface area (Å²) in [6, 6.07) is 5.55. The van der Waals surface area contributed by atoms with Crippen molar-refractivity contribution in [3.63, 3.8) is 0 Å². The molecule has 2 unspecified atom stereocenters. The normalized spacial score (nSPS) is 20.3. The Morgan fingerprint density at radius 3 is 2.89 bits per heavy atom. The van der Waals surface area contributed by atoms with Gasteiger partial charge in [0, 0.05) is 13.2 Å². The fourth-order valence-electron chi connectivity index (χ4n) is 1.97. The SMILES string of the molecule is COCN1C(=O)C(C)Oc2ccc(C(C)N)cc21. The monoisotopic (exact) mass is 250 g/mol. The molecule has 0 saturated carbocycles. The van der Waals surface area contributed by atoms with E-state index in [9.17, 15) is 4.79 Å². The first-order valence-corrected chi connectivity index (χ1v) is 5.91. The molecule has 5 nitrogen and oxygen atoms in total. The lowest BCUT2D eigenvalue weighted by atomic mass is 10.1. The third-order valence-corrected chi connectivity index (χ3v) is 2.98.